The van der Waals surface area contributed by atoms with E-state index in [9.17, 15) is 0 Å². The van der Waals surface area contributed by atoms with Crippen molar-refractivity contribution >= 4 is 16.7 Å². The van der Waals surface area contributed by atoms with E-state index in [1.807, 2.05) is 50.0 Å². The van der Waals surface area contributed by atoms with Crippen molar-refractivity contribution in [3.8, 4) is 11.4 Å². The second-order valence-corrected chi connectivity index (χ2v) is 9.43. The highest BCUT2D eigenvalue weighted by Crippen LogP contribution is 2.34. The van der Waals surface area contributed by atoms with Crippen molar-refractivity contribution < 1.29 is 4.74 Å². The van der Waals surface area contributed by atoms with Gasteiger partial charge in [-0.25, -0.2) is 4.68 Å². The molecule has 4 aromatic rings. The van der Waals surface area contributed by atoms with Crippen molar-refractivity contribution in [3.05, 3.63) is 71.5 Å². The van der Waals surface area contributed by atoms with Crippen molar-refractivity contribution in [3.63, 3.8) is 0 Å². The Kier molecular flexibility index (Phi) is 8.18. The number of hydrogen-bond donors (Lipinski definition) is 1. The molecular weight excluding hydrogens is 450 g/mol. The van der Waals surface area contributed by atoms with E-state index in [0.29, 0.717) is 0 Å². The summed E-state index contributed by atoms with van der Waals surface area (Å²) in [6.45, 7) is 6.67. The van der Waals surface area contributed by atoms with Gasteiger partial charge in [0.2, 0.25) is 0 Å². The molecule has 0 saturated heterocycles. The molecule has 0 amide bonds. The Bertz CT molecular complexity index is 1290. The van der Waals surface area contributed by atoms with Crippen LogP contribution in [0.3, 0.4) is 0 Å². The molecule has 1 unspecified atom stereocenters. The van der Waals surface area contributed by atoms with Gasteiger partial charge in [0.25, 0.3) is 0 Å². The summed E-state index contributed by atoms with van der Waals surface area (Å²) in [6.07, 6.45) is 0.769. The highest BCUT2D eigenvalue weighted by atomic mass is 16.5. The summed E-state index contributed by atoms with van der Waals surface area (Å²) in [6, 6.07) is 18.5. The largest absolute Gasteiger partial charge is 0.483 e. The Morgan fingerprint density at radius 2 is 1.67 bits per heavy atom. The van der Waals surface area contributed by atoms with Gasteiger partial charge in [0, 0.05) is 26.6 Å². The molecule has 190 valence electrons. The number of aromatic nitrogens is 4. The normalized spacial score (nSPS) is 12.3. The Morgan fingerprint density at radius 3 is 2.39 bits per heavy atom. The fourth-order valence-corrected chi connectivity index (χ4v) is 4.38. The monoisotopic (exact) mass is 487 g/mol. The highest BCUT2D eigenvalue weighted by Gasteiger charge is 2.22. The first-order valence-electron chi connectivity index (χ1n) is 12.4. The zero-order chi connectivity index (χ0) is 25.7. The SMILES string of the molecule is CNCCC(Oc1ccccc1-n1nc2c(N(C)CCN(C)C)nnc(C)c2c1C)c1ccccc1. The van der Waals surface area contributed by atoms with Gasteiger partial charge in [-0.3, -0.25) is 0 Å². The number of likely N-dealkylation sites (N-methyl/N-ethyl adjacent to an activating group) is 2. The third-order valence-corrected chi connectivity index (χ3v) is 6.42. The minimum atomic E-state index is -0.0807. The molecule has 36 heavy (non-hydrogen) atoms. The molecule has 0 saturated carbocycles. The summed E-state index contributed by atoms with van der Waals surface area (Å²) in [5.41, 5.74) is 4.79. The second kappa shape index (κ2) is 11.5. The maximum absolute atomic E-state index is 6.66. The molecule has 0 aliphatic heterocycles. The number of nitrogens with one attached hydrogen (secondary N) is 1. The molecule has 8 heteroatoms. The van der Waals surface area contributed by atoms with Gasteiger partial charge in [-0.15, -0.1) is 5.10 Å². The lowest BCUT2D eigenvalue weighted by molar-refractivity contribution is 0.194. The summed E-state index contributed by atoms with van der Waals surface area (Å²) in [4.78, 5) is 4.28. The lowest BCUT2D eigenvalue weighted by Crippen LogP contribution is -2.29. The molecule has 0 radical (unpaired) electrons. The Labute approximate surface area is 213 Å². The van der Waals surface area contributed by atoms with E-state index in [2.05, 4.69) is 76.7 Å². The lowest BCUT2D eigenvalue weighted by atomic mass is 10.1. The number of benzene rings is 2. The minimum absolute atomic E-state index is 0.0807. The van der Waals surface area contributed by atoms with Gasteiger partial charge >= 0.3 is 0 Å². The number of fused-ring (bicyclic) bond motifs is 1. The number of hydrogen-bond acceptors (Lipinski definition) is 7. The highest BCUT2D eigenvalue weighted by molar-refractivity contribution is 5.92. The first kappa shape index (κ1) is 25.6. The number of ether oxygens (including phenoxy) is 1. The standard InChI is InChI=1S/C28H37N7O/c1-20-26-21(2)35(32-27(26)28(31-30-20)34(6)19-18-33(4)5)23-14-10-11-15-25(23)36-24(16-17-29-3)22-12-8-7-9-13-22/h7-15,24,29H,16-19H2,1-6H3. The number of anilines is 1. The first-order chi connectivity index (χ1) is 17.4. The summed E-state index contributed by atoms with van der Waals surface area (Å²) in [7, 11) is 8.14. The van der Waals surface area contributed by atoms with E-state index < -0.39 is 0 Å². The molecule has 8 nitrogen and oxygen atoms in total. The smallest absolute Gasteiger partial charge is 0.179 e. The van der Waals surface area contributed by atoms with Crippen LogP contribution < -0.4 is 15.0 Å². The zero-order valence-electron chi connectivity index (χ0n) is 22.2. The molecule has 0 bridgehead atoms. The van der Waals surface area contributed by atoms with Crippen LogP contribution in [0.25, 0.3) is 16.6 Å². The maximum atomic E-state index is 6.66. The fourth-order valence-electron chi connectivity index (χ4n) is 4.38. The predicted molar refractivity (Wildman–Crippen MR) is 146 cm³/mol. The quantitative estimate of drug-likeness (QED) is 0.341. The van der Waals surface area contributed by atoms with Crippen LogP contribution in [-0.4, -0.2) is 72.7 Å². The van der Waals surface area contributed by atoms with Crippen molar-refractivity contribution in [2.45, 2.75) is 26.4 Å². The molecule has 0 fully saturated rings. The van der Waals surface area contributed by atoms with Gasteiger partial charge in [-0.2, -0.15) is 10.2 Å². The maximum Gasteiger partial charge on any atom is 0.179 e. The van der Waals surface area contributed by atoms with Gasteiger partial charge in [0.1, 0.15) is 23.1 Å². The number of nitrogens with zero attached hydrogens (tertiary/aromatic N) is 6. The third-order valence-electron chi connectivity index (χ3n) is 6.42. The van der Waals surface area contributed by atoms with Crippen molar-refractivity contribution in [2.24, 2.45) is 0 Å². The summed E-state index contributed by atoms with van der Waals surface area (Å²) >= 11 is 0. The van der Waals surface area contributed by atoms with Gasteiger partial charge in [0.15, 0.2) is 5.82 Å². The Balaban J connectivity index is 1.76. The second-order valence-electron chi connectivity index (χ2n) is 9.43. The van der Waals surface area contributed by atoms with Crippen LogP contribution in [-0.2, 0) is 0 Å². The Hall–Kier alpha value is -3.49. The molecule has 0 aliphatic carbocycles. The molecule has 2 aromatic heterocycles. The van der Waals surface area contributed by atoms with Crippen molar-refractivity contribution in [1.29, 1.82) is 0 Å². The zero-order valence-corrected chi connectivity index (χ0v) is 22.2. The van der Waals surface area contributed by atoms with E-state index in [0.717, 1.165) is 71.2 Å². The van der Waals surface area contributed by atoms with Crippen molar-refractivity contribution in [2.75, 3.05) is 52.7 Å². The van der Waals surface area contributed by atoms with Crippen LogP contribution in [0.15, 0.2) is 54.6 Å². The van der Waals surface area contributed by atoms with Gasteiger partial charge < -0.3 is 19.9 Å². The van der Waals surface area contributed by atoms with Gasteiger partial charge in [0.05, 0.1) is 16.8 Å². The predicted octanol–water partition coefficient (Wildman–Crippen LogP) is 4.16. The van der Waals surface area contributed by atoms with Crippen molar-refractivity contribution in [1.82, 2.24) is 30.2 Å². The average molecular weight is 488 g/mol. The molecule has 4 rings (SSSR count). The molecule has 0 spiro atoms. The molecule has 0 aliphatic rings. The molecule has 2 aromatic carbocycles. The topological polar surface area (TPSA) is 71.3 Å². The molecule has 1 atom stereocenters. The van der Waals surface area contributed by atoms with E-state index in [4.69, 9.17) is 9.84 Å². The van der Waals surface area contributed by atoms with Crippen LogP contribution in [0, 0.1) is 13.8 Å². The minimum Gasteiger partial charge on any atom is -0.483 e. The van der Waals surface area contributed by atoms with Gasteiger partial charge in [-0.05, 0) is 59.2 Å². The average Bonchev–Trinajstić information content (AvgIpc) is 3.23. The third kappa shape index (κ3) is 5.50. The van der Waals surface area contributed by atoms with Crippen LogP contribution >= 0.6 is 0 Å². The van der Waals surface area contributed by atoms with Crippen LogP contribution in [0.1, 0.15) is 29.5 Å². The summed E-state index contributed by atoms with van der Waals surface area (Å²) < 4.78 is 8.64. The summed E-state index contributed by atoms with van der Waals surface area (Å²) in [5.74, 6) is 1.58. The van der Waals surface area contributed by atoms with Crippen LogP contribution in [0.2, 0.25) is 0 Å². The van der Waals surface area contributed by atoms with E-state index in [-0.39, 0.29) is 6.10 Å². The molecule has 1 N–H and O–H groups in total. The summed E-state index contributed by atoms with van der Waals surface area (Å²) in [5, 5.41) is 18.3. The molecular formula is C28H37N7O. The lowest BCUT2D eigenvalue weighted by Gasteiger charge is -2.22. The van der Waals surface area contributed by atoms with Gasteiger partial charge in [-0.1, -0.05) is 42.5 Å². The number of aryl methyl sites for hydroxylation is 2. The van der Waals surface area contributed by atoms with E-state index >= 15 is 0 Å². The molecule has 2 heterocycles. The van der Waals surface area contributed by atoms with Crippen LogP contribution in [0.5, 0.6) is 5.75 Å². The first-order valence-corrected chi connectivity index (χ1v) is 12.4. The number of rotatable bonds is 11. The van der Waals surface area contributed by atoms with Crippen LogP contribution in [0.4, 0.5) is 5.82 Å². The number of para-hydroxylation sites is 2. The van der Waals surface area contributed by atoms with E-state index in [1.165, 1.54) is 0 Å². The Morgan fingerprint density at radius 1 is 0.944 bits per heavy atom. The van der Waals surface area contributed by atoms with E-state index in [1.54, 1.807) is 0 Å². The fraction of sp³-hybridized carbons (Fsp3) is 0.393.